The predicted octanol–water partition coefficient (Wildman–Crippen LogP) is 4.00. The minimum atomic E-state index is -3.81. The molecular weight excluding hydrogens is 446 g/mol. The number of amides is 1. The number of benzene rings is 2. The van der Waals surface area contributed by atoms with Crippen LogP contribution in [0.1, 0.15) is 21.4 Å². The van der Waals surface area contributed by atoms with Gasteiger partial charge in [0.05, 0.1) is 23.8 Å². The summed E-state index contributed by atoms with van der Waals surface area (Å²) in [4.78, 5) is 12.6. The number of halogens is 1. The number of ether oxygens (including phenoxy) is 1. The number of furan rings is 1. The molecule has 1 aromatic heterocycles. The van der Waals surface area contributed by atoms with E-state index < -0.39 is 15.1 Å². The van der Waals surface area contributed by atoms with Gasteiger partial charge < -0.3 is 14.5 Å². The average Bonchev–Trinajstić information content (AvgIpc) is 3.22. The third-order valence-electron chi connectivity index (χ3n) is 4.19. The van der Waals surface area contributed by atoms with Crippen molar-refractivity contribution in [1.29, 1.82) is 0 Å². The number of hydrogen-bond donors (Lipinski definition) is 1. The van der Waals surface area contributed by atoms with Crippen LogP contribution < -0.4 is 10.1 Å². The second-order valence-corrected chi connectivity index (χ2v) is 8.90. The third-order valence-corrected chi connectivity index (χ3v) is 6.96. The first-order valence-electron chi connectivity index (χ1n) is 8.37. The Kier molecular flexibility index (Phi) is 6.21. The van der Waals surface area contributed by atoms with Gasteiger partial charge in [0.2, 0.25) is 0 Å². The van der Waals surface area contributed by atoms with Crippen molar-refractivity contribution in [2.45, 2.75) is 10.1 Å². The maximum absolute atomic E-state index is 13.2. The Hall–Kier alpha value is -2.58. The van der Waals surface area contributed by atoms with Gasteiger partial charge in [0.1, 0.15) is 16.8 Å². The van der Waals surface area contributed by atoms with E-state index in [1.807, 2.05) is 0 Å². The van der Waals surface area contributed by atoms with Crippen LogP contribution in [-0.2, 0) is 9.84 Å². The highest BCUT2D eigenvalue weighted by Gasteiger charge is 2.32. The molecule has 146 valence electrons. The Bertz CT molecular complexity index is 1050. The summed E-state index contributed by atoms with van der Waals surface area (Å²) in [5.41, 5.74) is 0.419. The molecule has 0 spiro atoms. The molecular formula is C20H18BrNO5S. The molecule has 3 rings (SSSR count). The zero-order chi connectivity index (χ0) is 20.1. The van der Waals surface area contributed by atoms with Crippen LogP contribution in [-0.4, -0.2) is 28.0 Å². The van der Waals surface area contributed by atoms with Crippen molar-refractivity contribution < 1.29 is 22.4 Å². The van der Waals surface area contributed by atoms with Gasteiger partial charge in [-0.05, 0) is 64.5 Å². The predicted molar refractivity (Wildman–Crippen MR) is 108 cm³/mol. The van der Waals surface area contributed by atoms with Crippen LogP contribution in [0.3, 0.4) is 0 Å². The minimum Gasteiger partial charge on any atom is -0.497 e. The fourth-order valence-electron chi connectivity index (χ4n) is 2.69. The SMILES string of the molecule is COc1ccc(S(=O)(=O)C(CNC(=O)c2ccccc2Br)c2ccco2)cc1. The molecule has 0 radical (unpaired) electrons. The zero-order valence-corrected chi connectivity index (χ0v) is 17.4. The van der Waals surface area contributed by atoms with Gasteiger partial charge >= 0.3 is 0 Å². The van der Waals surface area contributed by atoms with E-state index >= 15 is 0 Å². The van der Waals surface area contributed by atoms with Crippen molar-refractivity contribution in [1.82, 2.24) is 5.32 Å². The van der Waals surface area contributed by atoms with Crippen LogP contribution in [0.2, 0.25) is 0 Å². The van der Waals surface area contributed by atoms with Crippen LogP contribution in [0.4, 0.5) is 0 Å². The summed E-state index contributed by atoms with van der Waals surface area (Å²) >= 11 is 3.32. The van der Waals surface area contributed by atoms with E-state index in [9.17, 15) is 13.2 Å². The lowest BCUT2D eigenvalue weighted by Gasteiger charge is -2.17. The van der Waals surface area contributed by atoms with Crippen molar-refractivity contribution in [3.05, 3.63) is 82.7 Å². The van der Waals surface area contributed by atoms with E-state index in [4.69, 9.17) is 9.15 Å². The summed E-state index contributed by atoms with van der Waals surface area (Å²) in [6, 6.07) is 16.2. The van der Waals surface area contributed by atoms with E-state index in [-0.39, 0.29) is 23.1 Å². The lowest BCUT2D eigenvalue weighted by atomic mass is 10.2. The molecule has 6 nitrogen and oxygen atoms in total. The number of hydrogen-bond acceptors (Lipinski definition) is 5. The lowest BCUT2D eigenvalue weighted by Crippen LogP contribution is -2.32. The first kappa shape index (κ1) is 20.2. The largest absolute Gasteiger partial charge is 0.497 e. The first-order valence-corrected chi connectivity index (χ1v) is 10.7. The normalized spacial score (nSPS) is 12.4. The molecule has 1 heterocycles. The number of methoxy groups -OCH3 is 1. The van der Waals surface area contributed by atoms with E-state index in [0.717, 1.165) is 0 Å². The zero-order valence-electron chi connectivity index (χ0n) is 15.0. The summed E-state index contributed by atoms with van der Waals surface area (Å²) in [7, 11) is -2.31. The highest BCUT2D eigenvalue weighted by molar-refractivity contribution is 9.10. The molecule has 1 N–H and O–H groups in total. The fourth-order valence-corrected chi connectivity index (χ4v) is 4.74. The number of sulfone groups is 1. The van der Waals surface area contributed by atoms with Crippen molar-refractivity contribution >= 4 is 31.7 Å². The molecule has 2 aromatic carbocycles. The van der Waals surface area contributed by atoms with Gasteiger partial charge in [0.25, 0.3) is 5.91 Å². The van der Waals surface area contributed by atoms with Gasteiger partial charge in [-0.25, -0.2) is 8.42 Å². The lowest BCUT2D eigenvalue weighted by molar-refractivity contribution is 0.0952. The van der Waals surface area contributed by atoms with Crippen molar-refractivity contribution in [3.8, 4) is 5.75 Å². The summed E-state index contributed by atoms with van der Waals surface area (Å²) < 4.78 is 37.4. The minimum absolute atomic E-state index is 0.116. The molecule has 1 amide bonds. The van der Waals surface area contributed by atoms with Gasteiger partial charge in [-0.1, -0.05) is 12.1 Å². The molecule has 0 bridgehead atoms. The van der Waals surface area contributed by atoms with Gasteiger partial charge in [-0.2, -0.15) is 0 Å². The van der Waals surface area contributed by atoms with Gasteiger partial charge in [0.15, 0.2) is 9.84 Å². The van der Waals surface area contributed by atoms with Gasteiger partial charge in [0, 0.05) is 11.0 Å². The number of nitrogens with one attached hydrogen (secondary N) is 1. The molecule has 3 aromatic rings. The van der Waals surface area contributed by atoms with Crippen molar-refractivity contribution in [2.24, 2.45) is 0 Å². The Morgan fingerprint density at radius 3 is 2.43 bits per heavy atom. The molecule has 0 fully saturated rings. The number of rotatable bonds is 7. The van der Waals surface area contributed by atoms with Crippen LogP contribution in [0, 0.1) is 0 Å². The second kappa shape index (κ2) is 8.62. The molecule has 1 atom stereocenters. The maximum Gasteiger partial charge on any atom is 0.252 e. The molecule has 28 heavy (non-hydrogen) atoms. The third kappa shape index (κ3) is 4.28. The highest BCUT2D eigenvalue weighted by Crippen LogP contribution is 2.30. The summed E-state index contributed by atoms with van der Waals surface area (Å²) in [5.74, 6) is 0.424. The van der Waals surface area contributed by atoms with E-state index in [0.29, 0.717) is 15.8 Å². The van der Waals surface area contributed by atoms with Crippen LogP contribution in [0.5, 0.6) is 5.75 Å². The summed E-state index contributed by atoms with van der Waals surface area (Å²) in [5, 5.41) is 1.63. The van der Waals surface area contributed by atoms with Crippen LogP contribution >= 0.6 is 15.9 Å². The standard InChI is InChI=1S/C20H18BrNO5S/c1-26-14-8-10-15(11-9-14)28(24,25)19(18-7-4-12-27-18)13-22-20(23)16-5-2-3-6-17(16)21/h2-12,19H,13H2,1H3,(H,22,23). The van der Waals surface area contributed by atoms with Crippen LogP contribution in [0.25, 0.3) is 0 Å². The maximum atomic E-state index is 13.2. The monoisotopic (exact) mass is 463 g/mol. The fraction of sp³-hybridized carbons (Fsp3) is 0.150. The summed E-state index contributed by atoms with van der Waals surface area (Å²) in [6.45, 7) is -0.137. The quantitative estimate of drug-likeness (QED) is 0.572. The Morgan fingerprint density at radius 1 is 1.11 bits per heavy atom. The van der Waals surface area contributed by atoms with Crippen molar-refractivity contribution in [2.75, 3.05) is 13.7 Å². The summed E-state index contributed by atoms with van der Waals surface area (Å²) in [6.07, 6.45) is 1.40. The molecule has 0 aliphatic carbocycles. The van der Waals surface area contributed by atoms with Gasteiger partial charge in [-0.3, -0.25) is 4.79 Å². The molecule has 8 heteroatoms. The molecule has 0 aliphatic rings. The molecule has 0 saturated carbocycles. The van der Waals surface area contributed by atoms with Crippen LogP contribution in [0.15, 0.2) is 80.7 Å². The Balaban J connectivity index is 1.87. The Labute approximate surface area is 171 Å². The van der Waals surface area contributed by atoms with E-state index in [1.54, 1.807) is 48.5 Å². The van der Waals surface area contributed by atoms with E-state index in [1.165, 1.54) is 25.5 Å². The average molecular weight is 464 g/mol. The Morgan fingerprint density at radius 2 is 1.82 bits per heavy atom. The smallest absolute Gasteiger partial charge is 0.252 e. The number of carbonyl (C=O) groups is 1. The molecule has 0 saturated heterocycles. The number of carbonyl (C=O) groups excluding carboxylic acids is 1. The highest BCUT2D eigenvalue weighted by atomic mass is 79.9. The second-order valence-electron chi connectivity index (χ2n) is 5.91. The van der Waals surface area contributed by atoms with Gasteiger partial charge in [-0.15, -0.1) is 0 Å². The topological polar surface area (TPSA) is 85.6 Å². The first-order chi connectivity index (χ1) is 13.4. The van der Waals surface area contributed by atoms with E-state index in [2.05, 4.69) is 21.2 Å². The molecule has 1 unspecified atom stereocenters. The molecule has 0 aliphatic heterocycles. The van der Waals surface area contributed by atoms with Crippen molar-refractivity contribution in [3.63, 3.8) is 0 Å².